The van der Waals surface area contributed by atoms with Gasteiger partial charge >= 0.3 is 6.18 Å². The molecule has 0 aliphatic carbocycles. The van der Waals surface area contributed by atoms with Gasteiger partial charge in [0, 0.05) is 24.3 Å². The predicted molar refractivity (Wildman–Crippen MR) is 95.4 cm³/mol. The average Bonchev–Trinajstić information content (AvgIpc) is 2.68. The van der Waals surface area contributed by atoms with Crippen molar-refractivity contribution in [2.45, 2.75) is 11.1 Å². The van der Waals surface area contributed by atoms with E-state index in [4.69, 9.17) is 4.74 Å². The van der Waals surface area contributed by atoms with Gasteiger partial charge in [0.1, 0.15) is 10.7 Å². The highest BCUT2D eigenvalue weighted by Crippen LogP contribution is 2.31. The minimum Gasteiger partial charge on any atom is -0.379 e. The second-order valence-electron chi connectivity index (χ2n) is 6.19. The highest BCUT2D eigenvalue weighted by molar-refractivity contribution is 7.89. The number of halogens is 4. The molecule has 29 heavy (non-hydrogen) atoms. The molecule has 0 atom stereocenters. The Bertz CT molecular complexity index is 1020. The van der Waals surface area contributed by atoms with Gasteiger partial charge in [0.05, 0.1) is 18.8 Å². The van der Waals surface area contributed by atoms with Crippen LogP contribution in [0.3, 0.4) is 0 Å². The summed E-state index contributed by atoms with van der Waals surface area (Å²) in [7, 11) is -4.20. The molecule has 1 N–H and O–H groups in total. The van der Waals surface area contributed by atoms with Crippen molar-refractivity contribution in [3.63, 3.8) is 0 Å². The maximum atomic E-state index is 14.2. The smallest absolute Gasteiger partial charge is 0.379 e. The summed E-state index contributed by atoms with van der Waals surface area (Å²) in [4.78, 5) is 11.7. The largest absolute Gasteiger partial charge is 0.416 e. The van der Waals surface area contributed by atoms with Gasteiger partial charge in [-0.05, 0) is 36.4 Å². The van der Waals surface area contributed by atoms with Crippen LogP contribution in [-0.2, 0) is 20.9 Å². The van der Waals surface area contributed by atoms with Crippen LogP contribution in [0, 0.1) is 5.82 Å². The zero-order valence-corrected chi connectivity index (χ0v) is 15.7. The third kappa shape index (κ3) is 4.74. The van der Waals surface area contributed by atoms with Crippen LogP contribution >= 0.6 is 0 Å². The van der Waals surface area contributed by atoms with Crippen molar-refractivity contribution < 1.29 is 35.5 Å². The van der Waals surface area contributed by atoms with E-state index in [-0.39, 0.29) is 37.6 Å². The van der Waals surface area contributed by atoms with Gasteiger partial charge in [-0.2, -0.15) is 17.5 Å². The lowest BCUT2D eigenvalue weighted by molar-refractivity contribution is -0.137. The molecule has 1 saturated heterocycles. The molecule has 1 aliphatic rings. The molecule has 0 aromatic heterocycles. The van der Waals surface area contributed by atoms with Crippen LogP contribution in [0.4, 0.5) is 23.2 Å². The summed E-state index contributed by atoms with van der Waals surface area (Å²) < 4.78 is 84.1. The van der Waals surface area contributed by atoms with Gasteiger partial charge in [0.2, 0.25) is 10.0 Å². The standard InChI is InChI=1S/C18H16F4N2O4S/c19-15-5-4-12(10-16(15)29(26,27)24-6-8-28-9-7-24)17(25)23-14-3-1-2-13(11-14)18(20,21)22/h1-5,10-11H,6-9H2,(H,23,25). The van der Waals surface area contributed by atoms with Gasteiger partial charge in [-0.25, -0.2) is 12.8 Å². The first-order valence-electron chi connectivity index (χ1n) is 8.45. The molecule has 0 saturated carbocycles. The van der Waals surface area contributed by atoms with Gasteiger partial charge in [-0.3, -0.25) is 4.79 Å². The van der Waals surface area contributed by atoms with E-state index in [1.807, 2.05) is 0 Å². The third-order valence-electron chi connectivity index (χ3n) is 4.23. The van der Waals surface area contributed by atoms with Gasteiger partial charge < -0.3 is 10.1 Å². The second kappa shape index (κ2) is 8.09. The second-order valence-corrected chi connectivity index (χ2v) is 8.10. The summed E-state index contributed by atoms with van der Waals surface area (Å²) in [6, 6.07) is 6.71. The summed E-state index contributed by atoms with van der Waals surface area (Å²) in [5.74, 6) is -1.91. The number of carbonyl (C=O) groups is 1. The van der Waals surface area contributed by atoms with E-state index >= 15 is 0 Å². The minimum absolute atomic E-state index is 0.0441. The molecule has 1 aliphatic heterocycles. The summed E-state index contributed by atoms with van der Waals surface area (Å²) in [5.41, 5.74) is -1.30. The van der Waals surface area contributed by atoms with Crippen molar-refractivity contribution in [2.24, 2.45) is 0 Å². The number of morpholine rings is 1. The molecule has 0 unspecified atom stereocenters. The minimum atomic E-state index is -4.59. The molecule has 3 rings (SSSR count). The van der Waals surface area contributed by atoms with E-state index in [1.165, 1.54) is 6.07 Å². The van der Waals surface area contributed by atoms with Crippen molar-refractivity contribution in [2.75, 3.05) is 31.6 Å². The van der Waals surface area contributed by atoms with E-state index in [9.17, 15) is 30.8 Å². The van der Waals surface area contributed by atoms with Crippen molar-refractivity contribution >= 4 is 21.6 Å². The fraction of sp³-hybridized carbons (Fsp3) is 0.278. The van der Waals surface area contributed by atoms with Crippen molar-refractivity contribution in [3.05, 3.63) is 59.4 Å². The molecule has 0 radical (unpaired) electrons. The van der Waals surface area contributed by atoms with E-state index in [1.54, 1.807) is 0 Å². The Hall–Kier alpha value is -2.50. The first-order valence-corrected chi connectivity index (χ1v) is 9.89. The van der Waals surface area contributed by atoms with Crippen molar-refractivity contribution in [3.8, 4) is 0 Å². The molecule has 1 amide bonds. The molecule has 11 heteroatoms. The number of hydrogen-bond acceptors (Lipinski definition) is 4. The molecule has 6 nitrogen and oxygen atoms in total. The number of rotatable bonds is 4. The van der Waals surface area contributed by atoms with Crippen LogP contribution in [0.1, 0.15) is 15.9 Å². The monoisotopic (exact) mass is 432 g/mol. The quantitative estimate of drug-likeness (QED) is 0.754. The molecular weight excluding hydrogens is 416 g/mol. The predicted octanol–water partition coefficient (Wildman–Crippen LogP) is 3.12. The highest BCUT2D eigenvalue weighted by Gasteiger charge is 2.31. The summed E-state index contributed by atoms with van der Waals surface area (Å²) in [6.07, 6.45) is -4.59. The molecule has 2 aromatic carbocycles. The number of nitrogens with zero attached hydrogens (tertiary/aromatic N) is 1. The average molecular weight is 432 g/mol. The highest BCUT2D eigenvalue weighted by atomic mass is 32.2. The first kappa shape index (κ1) is 21.2. The van der Waals surface area contributed by atoms with Crippen molar-refractivity contribution in [1.29, 1.82) is 0 Å². The Balaban J connectivity index is 1.87. The summed E-state index contributed by atoms with van der Waals surface area (Å²) >= 11 is 0. The number of ether oxygens (including phenoxy) is 1. The molecule has 0 bridgehead atoms. The number of benzene rings is 2. The maximum absolute atomic E-state index is 14.2. The van der Waals surface area contributed by atoms with Crippen LogP contribution in [0.2, 0.25) is 0 Å². The number of anilines is 1. The Morgan fingerprint density at radius 2 is 1.76 bits per heavy atom. The molecular formula is C18H16F4N2O4S. The van der Waals surface area contributed by atoms with Crippen LogP contribution in [0.15, 0.2) is 47.4 Å². The van der Waals surface area contributed by atoms with E-state index in [2.05, 4.69) is 5.32 Å². The fourth-order valence-electron chi connectivity index (χ4n) is 2.74. The number of amides is 1. The Morgan fingerprint density at radius 3 is 2.41 bits per heavy atom. The number of carbonyl (C=O) groups excluding carboxylic acids is 1. The van der Waals surface area contributed by atoms with Crippen molar-refractivity contribution in [1.82, 2.24) is 4.31 Å². The van der Waals surface area contributed by atoms with Crippen LogP contribution in [-0.4, -0.2) is 44.9 Å². The van der Waals surface area contributed by atoms with Crippen LogP contribution < -0.4 is 5.32 Å². The van der Waals surface area contributed by atoms with E-state index in [0.717, 1.165) is 40.7 Å². The molecule has 156 valence electrons. The fourth-order valence-corrected chi connectivity index (χ4v) is 4.24. The van der Waals surface area contributed by atoms with Gasteiger partial charge in [0.25, 0.3) is 5.91 Å². The normalized spacial score (nSPS) is 15.9. The van der Waals surface area contributed by atoms with Gasteiger partial charge in [0.15, 0.2) is 0 Å². The topological polar surface area (TPSA) is 75.7 Å². The molecule has 1 fully saturated rings. The van der Waals surface area contributed by atoms with Crippen LogP contribution in [0.25, 0.3) is 0 Å². The lowest BCUT2D eigenvalue weighted by Gasteiger charge is -2.26. The number of hydrogen-bond donors (Lipinski definition) is 1. The van der Waals surface area contributed by atoms with Gasteiger partial charge in [-0.15, -0.1) is 0 Å². The lowest BCUT2D eigenvalue weighted by Crippen LogP contribution is -2.41. The van der Waals surface area contributed by atoms with Crippen LogP contribution in [0.5, 0.6) is 0 Å². The zero-order chi connectivity index (χ0) is 21.2. The number of nitrogens with one attached hydrogen (secondary N) is 1. The molecule has 0 spiro atoms. The zero-order valence-electron chi connectivity index (χ0n) is 14.9. The van der Waals surface area contributed by atoms with E-state index in [0.29, 0.717) is 0 Å². The summed E-state index contributed by atoms with van der Waals surface area (Å²) in [6.45, 7) is 0.415. The number of alkyl halides is 3. The third-order valence-corrected chi connectivity index (χ3v) is 6.14. The Kier molecular flexibility index (Phi) is 5.92. The van der Waals surface area contributed by atoms with Gasteiger partial charge in [-0.1, -0.05) is 6.07 Å². The molecule has 2 aromatic rings. The number of sulfonamides is 1. The molecule has 1 heterocycles. The maximum Gasteiger partial charge on any atom is 0.416 e. The lowest BCUT2D eigenvalue weighted by atomic mass is 10.1. The first-order chi connectivity index (χ1) is 13.6. The SMILES string of the molecule is O=C(Nc1cccc(C(F)(F)F)c1)c1ccc(F)c(S(=O)(=O)N2CCOCC2)c1. The Morgan fingerprint density at radius 1 is 1.07 bits per heavy atom. The van der Waals surface area contributed by atoms with E-state index < -0.39 is 38.4 Å². The Labute approximate surface area is 164 Å². The summed E-state index contributed by atoms with van der Waals surface area (Å²) in [5, 5.41) is 2.26.